The number of aromatic nitrogens is 3. The number of hydrogen-bond donors (Lipinski definition) is 1. The van der Waals surface area contributed by atoms with Crippen LogP contribution in [0.15, 0.2) is 48.7 Å². The van der Waals surface area contributed by atoms with E-state index in [1.54, 1.807) is 39.3 Å². The number of alkyl halides is 2. The van der Waals surface area contributed by atoms with E-state index in [4.69, 9.17) is 9.47 Å². The van der Waals surface area contributed by atoms with Crippen LogP contribution >= 0.6 is 0 Å². The average Bonchev–Trinajstić information content (AvgIpc) is 3.26. The van der Waals surface area contributed by atoms with E-state index in [9.17, 15) is 13.6 Å². The number of carbonyl (C=O) groups excluding carboxylic acids is 1. The number of halogens is 2. The maximum absolute atomic E-state index is 14.3. The lowest BCUT2D eigenvalue weighted by atomic mass is 10.0. The van der Waals surface area contributed by atoms with Crippen LogP contribution in [0.2, 0.25) is 0 Å². The summed E-state index contributed by atoms with van der Waals surface area (Å²) in [5.41, 5.74) is 3.53. The molecule has 1 amide bonds. The standard InChI is InChI=1S/C30H32F2N6O3/c1-17(22-8-7-9-24-27(22)41-16-30(24,31)32)34-28-23-14-20(10-11-25(23)35-18(2)36-28)38(5)21-12-19(13-26(39)37(3)4)29(40-6)33-15-21/h7-12,14-15,17H,13,16H2,1-6H3,(H,34,35,36)/t17-/m1/s1. The maximum atomic E-state index is 14.3. The predicted octanol–water partition coefficient (Wildman–Crippen LogP) is 5.40. The fourth-order valence-electron chi connectivity index (χ4n) is 4.87. The Kier molecular flexibility index (Phi) is 7.37. The van der Waals surface area contributed by atoms with Gasteiger partial charge >= 0.3 is 5.92 Å². The summed E-state index contributed by atoms with van der Waals surface area (Å²) >= 11 is 0. The zero-order chi connectivity index (χ0) is 29.5. The van der Waals surface area contributed by atoms with Gasteiger partial charge in [-0.2, -0.15) is 8.78 Å². The van der Waals surface area contributed by atoms with Crippen molar-refractivity contribution in [2.24, 2.45) is 0 Å². The second-order valence-electron chi connectivity index (χ2n) is 10.3. The highest BCUT2D eigenvalue weighted by Gasteiger charge is 2.42. The number of fused-ring (bicyclic) bond motifs is 2. The molecule has 11 heteroatoms. The minimum absolute atomic E-state index is 0.0638. The van der Waals surface area contributed by atoms with Gasteiger partial charge in [0.2, 0.25) is 11.8 Å². The van der Waals surface area contributed by atoms with E-state index in [2.05, 4.69) is 20.3 Å². The van der Waals surface area contributed by atoms with E-state index in [0.717, 1.165) is 22.3 Å². The van der Waals surface area contributed by atoms with E-state index in [-0.39, 0.29) is 29.7 Å². The molecule has 1 aliphatic rings. The maximum Gasteiger partial charge on any atom is 0.310 e. The van der Waals surface area contributed by atoms with Gasteiger partial charge in [0.15, 0.2) is 6.61 Å². The van der Waals surface area contributed by atoms with Crippen molar-refractivity contribution in [2.45, 2.75) is 32.2 Å². The highest BCUT2D eigenvalue weighted by molar-refractivity contribution is 5.92. The molecule has 0 radical (unpaired) electrons. The summed E-state index contributed by atoms with van der Waals surface area (Å²) in [6, 6.07) is 12.1. The van der Waals surface area contributed by atoms with Gasteiger partial charge in [-0.1, -0.05) is 12.1 Å². The van der Waals surface area contributed by atoms with Crippen molar-refractivity contribution in [1.82, 2.24) is 19.9 Å². The molecule has 0 aliphatic carbocycles. The number of pyridine rings is 1. The highest BCUT2D eigenvalue weighted by Crippen LogP contribution is 2.45. The monoisotopic (exact) mass is 562 g/mol. The lowest BCUT2D eigenvalue weighted by Crippen LogP contribution is -2.24. The zero-order valence-electron chi connectivity index (χ0n) is 23.8. The normalized spacial score (nSPS) is 14.2. The summed E-state index contributed by atoms with van der Waals surface area (Å²) in [5, 5.41) is 4.16. The number of para-hydroxylation sites is 1. The molecule has 1 N–H and O–H groups in total. The molecule has 2 aromatic carbocycles. The zero-order valence-corrected chi connectivity index (χ0v) is 23.8. The van der Waals surface area contributed by atoms with Crippen LogP contribution in [0.1, 0.15) is 35.5 Å². The average molecular weight is 563 g/mol. The number of ether oxygens (including phenoxy) is 2. The molecule has 2 aromatic heterocycles. The molecule has 0 bridgehead atoms. The van der Waals surface area contributed by atoms with Crippen molar-refractivity contribution >= 4 is 34.0 Å². The fourth-order valence-corrected chi connectivity index (χ4v) is 4.87. The Balaban J connectivity index is 1.49. The van der Waals surface area contributed by atoms with Gasteiger partial charge in [-0.05, 0) is 44.2 Å². The van der Waals surface area contributed by atoms with Crippen LogP contribution in [-0.4, -0.2) is 60.6 Å². The van der Waals surface area contributed by atoms with Gasteiger partial charge in [0.05, 0.1) is 42.5 Å². The second-order valence-corrected chi connectivity index (χ2v) is 10.3. The van der Waals surface area contributed by atoms with Crippen molar-refractivity contribution < 1.29 is 23.0 Å². The molecule has 0 spiro atoms. The van der Waals surface area contributed by atoms with E-state index in [1.165, 1.54) is 18.1 Å². The fraction of sp³-hybridized carbons (Fsp3) is 0.333. The number of nitrogens with zero attached hydrogens (tertiary/aromatic N) is 5. The van der Waals surface area contributed by atoms with Crippen molar-refractivity contribution in [3.63, 3.8) is 0 Å². The Morgan fingerprint density at radius 1 is 1.15 bits per heavy atom. The number of benzene rings is 2. The van der Waals surface area contributed by atoms with Gasteiger partial charge in [0, 0.05) is 43.3 Å². The van der Waals surface area contributed by atoms with Crippen LogP contribution in [0.5, 0.6) is 11.6 Å². The van der Waals surface area contributed by atoms with E-state index < -0.39 is 12.5 Å². The Hall–Kier alpha value is -4.54. The molecule has 4 aromatic rings. The van der Waals surface area contributed by atoms with Crippen LogP contribution in [0.4, 0.5) is 26.0 Å². The van der Waals surface area contributed by atoms with Gasteiger partial charge in [-0.3, -0.25) is 4.79 Å². The second kappa shape index (κ2) is 10.8. The van der Waals surface area contributed by atoms with E-state index in [1.807, 2.05) is 43.1 Å². The lowest BCUT2D eigenvalue weighted by Gasteiger charge is -2.22. The first-order chi connectivity index (χ1) is 19.5. The summed E-state index contributed by atoms with van der Waals surface area (Å²) in [6.07, 6.45) is 1.84. The van der Waals surface area contributed by atoms with Crippen molar-refractivity contribution in [3.8, 4) is 11.6 Å². The molecule has 214 valence electrons. The number of aryl methyl sites for hydroxylation is 1. The molecule has 1 atom stereocenters. The minimum Gasteiger partial charge on any atom is -0.486 e. The van der Waals surface area contributed by atoms with Crippen LogP contribution in [-0.2, 0) is 17.1 Å². The quantitative estimate of drug-likeness (QED) is 0.305. The first-order valence-electron chi connectivity index (χ1n) is 13.1. The van der Waals surface area contributed by atoms with Gasteiger partial charge in [-0.15, -0.1) is 0 Å². The van der Waals surface area contributed by atoms with Gasteiger partial charge in [-0.25, -0.2) is 15.0 Å². The van der Waals surface area contributed by atoms with Gasteiger partial charge in [0.1, 0.15) is 17.4 Å². The third kappa shape index (κ3) is 5.44. The number of nitrogens with one attached hydrogen (secondary N) is 1. The number of anilines is 3. The third-order valence-corrected chi connectivity index (χ3v) is 7.17. The van der Waals surface area contributed by atoms with Crippen LogP contribution in [0, 0.1) is 6.92 Å². The summed E-state index contributed by atoms with van der Waals surface area (Å²) in [7, 11) is 6.84. The molecular formula is C30H32F2N6O3. The molecule has 1 aliphatic heterocycles. The van der Waals surface area contributed by atoms with Crippen molar-refractivity contribution in [1.29, 1.82) is 0 Å². The molecule has 5 rings (SSSR count). The summed E-state index contributed by atoms with van der Waals surface area (Å²) in [6.45, 7) is 3.02. The first kappa shape index (κ1) is 28.0. The van der Waals surface area contributed by atoms with Crippen molar-refractivity contribution in [3.05, 3.63) is 71.2 Å². The molecule has 9 nitrogen and oxygen atoms in total. The highest BCUT2D eigenvalue weighted by atomic mass is 19.3. The Morgan fingerprint density at radius 2 is 1.93 bits per heavy atom. The van der Waals surface area contributed by atoms with Crippen LogP contribution in [0.25, 0.3) is 10.9 Å². The number of amides is 1. The van der Waals surface area contributed by atoms with Crippen molar-refractivity contribution in [2.75, 3.05) is 45.1 Å². The molecule has 0 saturated heterocycles. The smallest absolute Gasteiger partial charge is 0.310 e. The SMILES string of the molecule is COc1ncc(N(C)c2ccc3nc(C)nc(N[C@H](C)c4cccc5c4OCC5(F)F)c3c2)cc1CC(=O)N(C)C. The third-order valence-electron chi connectivity index (χ3n) is 7.17. The number of carbonyl (C=O) groups is 1. The topological polar surface area (TPSA) is 92.7 Å². The Bertz CT molecular complexity index is 1630. The molecule has 0 unspecified atom stereocenters. The minimum atomic E-state index is -3.02. The Labute approximate surface area is 237 Å². The summed E-state index contributed by atoms with van der Waals surface area (Å²) in [4.78, 5) is 29.5. The molecule has 41 heavy (non-hydrogen) atoms. The molecule has 3 heterocycles. The number of hydrogen-bond acceptors (Lipinski definition) is 8. The number of rotatable bonds is 8. The molecule has 0 saturated carbocycles. The Morgan fingerprint density at radius 3 is 2.66 bits per heavy atom. The van der Waals surface area contributed by atoms with Crippen LogP contribution in [0.3, 0.4) is 0 Å². The summed E-state index contributed by atoms with van der Waals surface area (Å²) < 4.78 is 39.4. The van der Waals surface area contributed by atoms with E-state index in [0.29, 0.717) is 28.6 Å². The number of likely N-dealkylation sites (N-methyl/N-ethyl adjacent to an activating group) is 1. The lowest BCUT2D eigenvalue weighted by molar-refractivity contribution is -0.128. The largest absolute Gasteiger partial charge is 0.486 e. The molecular weight excluding hydrogens is 530 g/mol. The molecule has 0 fully saturated rings. The van der Waals surface area contributed by atoms with Crippen LogP contribution < -0.4 is 19.7 Å². The van der Waals surface area contributed by atoms with E-state index >= 15 is 0 Å². The summed E-state index contributed by atoms with van der Waals surface area (Å²) in [5.74, 6) is -1.32. The first-order valence-corrected chi connectivity index (χ1v) is 13.1. The predicted molar refractivity (Wildman–Crippen MR) is 153 cm³/mol. The van der Waals surface area contributed by atoms with Gasteiger partial charge in [0.25, 0.3) is 0 Å². The van der Waals surface area contributed by atoms with Gasteiger partial charge < -0.3 is 24.6 Å². The number of methoxy groups -OCH3 is 1.